The van der Waals surface area contributed by atoms with E-state index in [1.165, 1.54) is 0 Å². The largest absolute Gasteiger partial charge is 0.497 e. The Bertz CT molecular complexity index is 1710. The lowest BCUT2D eigenvalue weighted by molar-refractivity contribution is -0.153. The number of carbonyl (C=O) groups excluding carboxylic acids is 2. The highest BCUT2D eigenvalue weighted by atomic mass is 16.6. The number of ether oxygens (including phenoxy) is 4. The van der Waals surface area contributed by atoms with Crippen LogP contribution in [0.2, 0.25) is 0 Å². The number of carbonyl (C=O) groups is 2. The van der Waals surface area contributed by atoms with Crippen LogP contribution < -0.4 is 14.8 Å². The van der Waals surface area contributed by atoms with Gasteiger partial charge in [0, 0.05) is 29.2 Å². The molecule has 0 radical (unpaired) electrons. The molecule has 0 aromatic heterocycles. The number of fused-ring (bicyclic) bond motifs is 3. The van der Waals surface area contributed by atoms with E-state index >= 15 is 0 Å². The summed E-state index contributed by atoms with van der Waals surface area (Å²) in [5, 5.41) is 2.73. The lowest BCUT2D eigenvalue weighted by atomic mass is 9.80. The van der Waals surface area contributed by atoms with Crippen LogP contribution in [0.15, 0.2) is 127 Å². The fraction of sp³-hybridized carbons (Fsp3) is 0.179. The summed E-state index contributed by atoms with van der Waals surface area (Å²) >= 11 is 0. The topological polar surface area (TPSA) is 83.1 Å². The Hall–Kier alpha value is -5.56. The van der Waals surface area contributed by atoms with Crippen LogP contribution in [0, 0.1) is 0 Å². The van der Waals surface area contributed by atoms with Crippen LogP contribution in [-0.2, 0) is 19.9 Å². The lowest BCUT2D eigenvalue weighted by Crippen LogP contribution is -2.36. The predicted octanol–water partition coefficient (Wildman–Crippen LogP) is 7.47. The summed E-state index contributed by atoms with van der Waals surface area (Å²) in [6.45, 7) is 0.238. The molecule has 0 fully saturated rings. The highest BCUT2D eigenvalue weighted by Crippen LogP contribution is 2.45. The third-order valence-corrected chi connectivity index (χ3v) is 8.38. The minimum atomic E-state index is -1.28. The van der Waals surface area contributed by atoms with Gasteiger partial charge < -0.3 is 24.3 Å². The fourth-order valence-electron chi connectivity index (χ4n) is 6.14. The molecule has 0 atom stereocenters. The first-order chi connectivity index (χ1) is 22.5. The van der Waals surface area contributed by atoms with Gasteiger partial charge in [-0.25, -0.2) is 4.79 Å². The van der Waals surface area contributed by atoms with Crippen LogP contribution in [0.3, 0.4) is 0 Å². The van der Waals surface area contributed by atoms with E-state index in [2.05, 4.69) is 29.6 Å². The first kappa shape index (κ1) is 30.5. The van der Waals surface area contributed by atoms with Gasteiger partial charge in [0.15, 0.2) is 5.60 Å². The molecular weight excluding hydrogens is 578 g/mol. The first-order valence-electron chi connectivity index (χ1n) is 15.2. The molecule has 0 bridgehead atoms. The van der Waals surface area contributed by atoms with Crippen LogP contribution in [0.4, 0.5) is 4.79 Å². The second-order valence-electron chi connectivity index (χ2n) is 11.0. The average molecular weight is 614 g/mol. The number of esters is 1. The highest BCUT2D eigenvalue weighted by Gasteiger charge is 2.40. The quantitative estimate of drug-likeness (QED) is 0.123. The molecule has 232 valence electrons. The summed E-state index contributed by atoms with van der Waals surface area (Å²) in [6, 6.07) is 40.8. The minimum absolute atomic E-state index is 0.0472. The molecule has 7 heteroatoms. The Balaban J connectivity index is 1.17. The number of hydrogen-bond donors (Lipinski definition) is 1. The number of amides is 1. The van der Waals surface area contributed by atoms with Gasteiger partial charge in [0.1, 0.15) is 18.1 Å². The van der Waals surface area contributed by atoms with Crippen LogP contribution in [0.1, 0.15) is 40.2 Å². The Morgan fingerprint density at radius 3 is 1.63 bits per heavy atom. The van der Waals surface area contributed by atoms with E-state index in [4.69, 9.17) is 18.9 Å². The molecule has 1 aliphatic rings. The number of rotatable bonds is 11. The number of nitrogens with one attached hydrogen (secondary N) is 1. The van der Waals surface area contributed by atoms with Gasteiger partial charge in [-0.2, -0.15) is 0 Å². The van der Waals surface area contributed by atoms with Crippen LogP contribution >= 0.6 is 0 Å². The Morgan fingerprint density at radius 1 is 0.630 bits per heavy atom. The molecule has 1 aliphatic carbocycles. The summed E-state index contributed by atoms with van der Waals surface area (Å²) in [6.07, 6.45) is -0.653. The second-order valence-corrected chi connectivity index (χ2v) is 11.0. The van der Waals surface area contributed by atoms with Gasteiger partial charge in [0.25, 0.3) is 0 Å². The molecule has 1 N–H and O–H groups in total. The molecule has 0 saturated heterocycles. The van der Waals surface area contributed by atoms with Gasteiger partial charge in [-0.1, -0.05) is 103 Å². The van der Waals surface area contributed by atoms with Crippen LogP contribution in [-0.4, -0.2) is 39.4 Å². The lowest BCUT2D eigenvalue weighted by Gasteiger charge is -2.35. The van der Waals surface area contributed by atoms with Crippen molar-refractivity contribution in [1.29, 1.82) is 0 Å². The van der Waals surface area contributed by atoms with E-state index in [0.29, 0.717) is 11.5 Å². The molecular formula is C39H35NO6. The van der Waals surface area contributed by atoms with Crippen molar-refractivity contribution in [2.24, 2.45) is 0 Å². The first-order valence-corrected chi connectivity index (χ1v) is 15.2. The Morgan fingerprint density at radius 2 is 1.11 bits per heavy atom. The molecule has 46 heavy (non-hydrogen) atoms. The van der Waals surface area contributed by atoms with Crippen molar-refractivity contribution in [2.45, 2.75) is 17.9 Å². The Kier molecular flexibility index (Phi) is 9.01. The maximum Gasteiger partial charge on any atom is 0.407 e. The van der Waals surface area contributed by atoms with E-state index in [1.54, 1.807) is 14.2 Å². The van der Waals surface area contributed by atoms with Gasteiger partial charge in [-0.3, -0.25) is 4.79 Å². The molecule has 7 nitrogen and oxygen atoms in total. The van der Waals surface area contributed by atoms with Crippen molar-refractivity contribution < 1.29 is 28.5 Å². The zero-order valence-corrected chi connectivity index (χ0v) is 25.8. The van der Waals surface area contributed by atoms with Gasteiger partial charge in [0.05, 0.1) is 20.6 Å². The predicted molar refractivity (Wildman–Crippen MR) is 176 cm³/mol. The monoisotopic (exact) mass is 613 g/mol. The van der Waals surface area contributed by atoms with E-state index in [1.807, 2.05) is 103 Å². The standard InChI is InChI=1S/C39H35NO6/c1-43-30-20-16-28(17-21-30)39(27-10-4-3-5-11-27,29-18-22-31(44-2)23-19-29)46-37(41)24-25-40-38(42)45-26-36-34-14-8-6-12-32(34)33-13-7-9-15-35(33)36/h3-23,36H,24-26H2,1-2H3,(H,40,42). The SMILES string of the molecule is COc1ccc(C(OC(=O)CCNC(=O)OCC2c3ccccc3-c3ccccc32)(c2ccccc2)c2ccc(OC)cc2)cc1. The summed E-state index contributed by atoms with van der Waals surface area (Å²) in [5.74, 6) is 0.816. The van der Waals surface area contributed by atoms with E-state index in [0.717, 1.165) is 38.9 Å². The van der Waals surface area contributed by atoms with Crippen molar-refractivity contribution in [3.63, 3.8) is 0 Å². The third kappa shape index (κ3) is 6.04. The molecule has 0 unspecified atom stereocenters. The second kappa shape index (κ2) is 13.6. The summed E-state index contributed by atoms with van der Waals surface area (Å²) in [5.41, 5.74) is 5.55. The van der Waals surface area contributed by atoms with Crippen molar-refractivity contribution >= 4 is 12.1 Å². The molecule has 1 amide bonds. The zero-order chi connectivity index (χ0) is 31.9. The number of methoxy groups -OCH3 is 2. The van der Waals surface area contributed by atoms with Gasteiger partial charge in [-0.15, -0.1) is 0 Å². The van der Waals surface area contributed by atoms with E-state index < -0.39 is 17.7 Å². The zero-order valence-electron chi connectivity index (χ0n) is 25.8. The molecule has 0 saturated carbocycles. The summed E-state index contributed by atoms with van der Waals surface area (Å²) in [4.78, 5) is 26.4. The summed E-state index contributed by atoms with van der Waals surface area (Å²) in [7, 11) is 3.21. The van der Waals surface area contributed by atoms with E-state index in [9.17, 15) is 9.59 Å². The van der Waals surface area contributed by atoms with Crippen LogP contribution in [0.25, 0.3) is 11.1 Å². The fourth-order valence-corrected chi connectivity index (χ4v) is 6.14. The third-order valence-electron chi connectivity index (χ3n) is 8.38. The van der Waals surface area contributed by atoms with Crippen LogP contribution in [0.5, 0.6) is 11.5 Å². The molecule has 5 aromatic carbocycles. The van der Waals surface area contributed by atoms with Gasteiger partial charge in [-0.05, 0) is 46.5 Å². The smallest absolute Gasteiger partial charge is 0.407 e. The van der Waals surface area contributed by atoms with Crippen molar-refractivity contribution in [2.75, 3.05) is 27.4 Å². The maximum atomic E-state index is 13.6. The van der Waals surface area contributed by atoms with Crippen molar-refractivity contribution in [3.8, 4) is 22.6 Å². The van der Waals surface area contributed by atoms with Crippen molar-refractivity contribution in [3.05, 3.63) is 155 Å². The summed E-state index contributed by atoms with van der Waals surface area (Å²) < 4.78 is 22.9. The van der Waals surface area contributed by atoms with Gasteiger partial charge in [0.2, 0.25) is 0 Å². The highest BCUT2D eigenvalue weighted by molar-refractivity contribution is 5.79. The molecule has 0 heterocycles. The molecule has 0 spiro atoms. The molecule has 5 aromatic rings. The molecule has 0 aliphatic heterocycles. The minimum Gasteiger partial charge on any atom is -0.497 e. The average Bonchev–Trinajstić information content (AvgIpc) is 3.43. The normalized spacial score (nSPS) is 12.0. The number of hydrogen-bond acceptors (Lipinski definition) is 6. The van der Waals surface area contributed by atoms with Crippen molar-refractivity contribution in [1.82, 2.24) is 5.32 Å². The Labute approximate surface area is 268 Å². The number of alkyl carbamates (subject to hydrolysis) is 1. The van der Waals surface area contributed by atoms with E-state index in [-0.39, 0.29) is 25.5 Å². The number of benzene rings is 5. The molecule has 6 rings (SSSR count). The maximum absolute atomic E-state index is 13.6. The van der Waals surface area contributed by atoms with Gasteiger partial charge >= 0.3 is 12.1 Å².